The first-order valence-electron chi connectivity index (χ1n) is 21.4. The third-order valence-electron chi connectivity index (χ3n) is 13.2. The van der Waals surface area contributed by atoms with E-state index in [0.717, 1.165) is 60.4 Å². The molecule has 0 bridgehead atoms. The Bertz CT molecular complexity index is 3670. The van der Waals surface area contributed by atoms with E-state index in [1.807, 2.05) is 36.4 Å². The van der Waals surface area contributed by atoms with E-state index in [2.05, 4.69) is 193 Å². The molecule has 3 nitrogen and oxygen atoms in total. The topological polar surface area (TPSA) is 34.4 Å². The van der Waals surface area contributed by atoms with Crippen molar-refractivity contribution in [3.8, 4) is 33.4 Å². The number of rotatable bonds is 6. The molecular formula is C58H41N2OP. The van der Waals surface area contributed by atoms with Gasteiger partial charge in [-0.05, 0) is 91.2 Å². The van der Waals surface area contributed by atoms with Gasteiger partial charge in [-0.25, -0.2) is 4.98 Å². The van der Waals surface area contributed by atoms with Crippen molar-refractivity contribution < 1.29 is 4.57 Å². The molecule has 11 aromatic rings. The highest BCUT2D eigenvalue weighted by Gasteiger charge is 2.38. The fourth-order valence-corrected chi connectivity index (χ4v) is 13.3. The zero-order valence-corrected chi connectivity index (χ0v) is 35.1. The van der Waals surface area contributed by atoms with Gasteiger partial charge >= 0.3 is 0 Å². The van der Waals surface area contributed by atoms with E-state index in [1.165, 1.54) is 43.4 Å². The lowest BCUT2D eigenvalue weighted by Gasteiger charge is -2.31. The summed E-state index contributed by atoms with van der Waals surface area (Å²) in [5.74, 6) is 0.170. The van der Waals surface area contributed by atoms with Gasteiger partial charge in [0, 0.05) is 32.4 Å². The first-order valence-corrected chi connectivity index (χ1v) is 23.2. The maximum absolute atomic E-state index is 15.2. The summed E-state index contributed by atoms with van der Waals surface area (Å²) in [7, 11) is -2.96. The molecule has 62 heavy (non-hydrogen) atoms. The van der Waals surface area contributed by atoms with Crippen LogP contribution in [0.3, 0.4) is 0 Å². The van der Waals surface area contributed by atoms with Crippen LogP contribution in [0, 0.1) is 5.92 Å². The summed E-state index contributed by atoms with van der Waals surface area (Å²) in [4.78, 5) is 5.32. The molecule has 9 aromatic carbocycles. The maximum atomic E-state index is 15.2. The van der Waals surface area contributed by atoms with E-state index >= 15 is 4.57 Å². The smallest absolute Gasteiger partial charge is 0.150 e. The SMILES string of the molecule is CC1C=CC=CC1P(=O)(c1ccccc1)c1ccc(-c2ccc(-c3ccc4c(c3)c3c5ccccc5ccc3c3nc5ccc(-c6cccc7ccccc67)cc5n43)cc2)cc1. The number of hydrogen-bond donors (Lipinski definition) is 0. The van der Waals surface area contributed by atoms with E-state index < -0.39 is 7.14 Å². The molecule has 0 saturated heterocycles. The highest BCUT2D eigenvalue weighted by Crippen LogP contribution is 2.53. The van der Waals surface area contributed by atoms with Crippen LogP contribution in [-0.2, 0) is 4.57 Å². The van der Waals surface area contributed by atoms with Crippen LogP contribution in [0.5, 0.6) is 0 Å². The van der Waals surface area contributed by atoms with Crippen molar-refractivity contribution in [1.29, 1.82) is 0 Å². The van der Waals surface area contributed by atoms with Crippen LogP contribution in [-0.4, -0.2) is 15.0 Å². The molecule has 3 atom stereocenters. The number of nitrogens with zero attached hydrogens (tertiary/aromatic N) is 2. The molecule has 0 spiro atoms. The van der Waals surface area contributed by atoms with Gasteiger partial charge in [0.2, 0.25) is 0 Å². The van der Waals surface area contributed by atoms with Crippen molar-refractivity contribution in [3.05, 3.63) is 218 Å². The van der Waals surface area contributed by atoms with Crippen LogP contribution in [0.2, 0.25) is 0 Å². The van der Waals surface area contributed by atoms with Crippen molar-refractivity contribution in [2.75, 3.05) is 0 Å². The Morgan fingerprint density at radius 3 is 1.85 bits per heavy atom. The summed E-state index contributed by atoms with van der Waals surface area (Å²) >= 11 is 0. The molecule has 1 aliphatic carbocycles. The molecule has 12 rings (SSSR count). The van der Waals surface area contributed by atoms with E-state index in [-0.39, 0.29) is 11.6 Å². The summed E-state index contributed by atoms with van der Waals surface area (Å²) in [6.45, 7) is 2.17. The van der Waals surface area contributed by atoms with Gasteiger partial charge < -0.3 is 4.57 Å². The first kappa shape index (κ1) is 36.5. The fourth-order valence-electron chi connectivity index (χ4n) is 10.0. The number of imidazole rings is 1. The number of hydrogen-bond acceptors (Lipinski definition) is 2. The van der Waals surface area contributed by atoms with Crippen LogP contribution in [0.15, 0.2) is 218 Å². The number of pyridine rings is 1. The minimum absolute atomic E-state index is 0.0896. The van der Waals surface area contributed by atoms with Gasteiger partial charge in [0.15, 0.2) is 0 Å². The lowest BCUT2D eigenvalue weighted by Crippen LogP contribution is -2.29. The highest BCUT2D eigenvalue weighted by atomic mass is 31.2. The Hall–Kier alpha value is -7.32. The normalized spacial score (nSPS) is 16.2. The van der Waals surface area contributed by atoms with Crippen molar-refractivity contribution >= 4 is 77.7 Å². The highest BCUT2D eigenvalue weighted by molar-refractivity contribution is 7.79. The number of benzene rings is 9. The Kier molecular flexibility index (Phi) is 8.49. The third-order valence-corrected chi connectivity index (χ3v) is 16.8. The molecule has 2 aromatic heterocycles. The van der Waals surface area contributed by atoms with Crippen LogP contribution in [0.4, 0.5) is 0 Å². The lowest BCUT2D eigenvalue weighted by molar-refractivity contribution is 0.572. The van der Waals surface area contributed by atoms with E-state index in [0.29, 0.717) is 0 Å². The second kappa shape index (κ2) is 14.4. The van der Waals surface area contributed by atoms with Gasteiger partial charge in [-0.2, -0.15) is 0 Å². The number of allylic oxidation sites excluding steroid dienone is 4. The fraction of sp³-hybridized carbons (Fsp3) is 0.0517. The lowest BCUT2D eigenvalue weighted by atomic mass is 9.95. The average molecular weight is 813 g/mol. The van der Waals surface area contributed by atoms with Crippen LogP contribution in [0.1, 0.15) is 6.92 Å². The summed E-state index contributed by atoms with van der Waals surface area (Å²) in [6, 6.07) is 69.2. The summed E-state index contributed by atoms with van der Waals surface area (Å²) in [5.41, 5.74) is 11.0. The Balaban J connectivity index is 0.968. The minimum Gasteiger partial charge on any atom is -0.313 e. The molecule has 0 N–H and O–H groups in total. The number of aromatic nitrogens is 2. The summed E-state index contributed by atoms with van der Waals surface area (Å²) < 4.78 is 17.6. The zero-order chi connectivity index (χ0) is 41.4. The molecule has 0 amide bonds. The summed E-state index contributed by atoms with van der Waals surface area (Å²) in [5, 5.41) is 10.2. The monoisotopic (exact) mass is 812 g/mol. The van der Waals surface area contributed by atoms with Gasteiger partial charge in [-0.3, -0.25) is 4.40 Å². The molecule has 0 aliphatic heterocycles. The van der Waals surface area contributed by atoms with Gasteiger partial charge in [0.1, 0.15) is 12.8 Å². The summed E-state index contributed by atoms with van der Waals surface area (Å²) in [6.07, 6.45) is 8.40. The molecule has 1 aliphatic rings. The van der Waals surface area contributed by atoms with Crippen molar-refractivity contribution in [2.24, 2.45) is 5.92 Å². The predicted octanol–water partition coefficient (Wildman–Crippen LogP) is 14.5. The second-order valence-corrected chi connectivity index (χ2v) is 19.6. The van der Waals surface area contributed by atoms with Gasteiger partial charge in [-0.1, -0.05) is 195 Å². The Morgan fingerprint density at radius 1 is 0.468 bits per heavy atom. The molecule has 0 fully saturated rings. The molecule has 0 radical (unpaired) electrons. The zero-order valence-electron chi connectivity index (χ0n) is 34.2. The van der Waals surface area contributed by atoms with E-state index in [1.54, 1.807) is 0 Å². The molecule has 294 valence electrons. The van der Waals surface area contributed by atoms with E-state index in [4.69, 9.17) is 4.98 Å². The van der Waals surface area contributed by atoms with Gasteiger partial charge in [-0.15, -0.1) is 0 Å². The van der Waals surface area contributed by atoms with Crippen molar-refractivity contribution in [2.45, 2.75) is 12.6 Å². The molecule has 3 unspecified atom stereocenters. The van der Waals surface area contributed by atoms with Crippen LogP contribution >= 0.6 is 7.14 Å². The van der Waals surface area contributed by atoms with Crippen LogP contribution < -0.4 is 10.6 Å². The predicted molar refractivity (Wildman–Crippen MR) is 264 cm³/mol. The number of fused-ring (bicyclic) bond motifs is 11. The van der Waals surface area contributed by atoms with Crippen molar-refractivity contribution in [3.63, 3.8) is 0 Å². The van der Waals surface area contributed by atoms with E-state index in [9.17, 15) is 0 Å². The average Bonchev–Trinajstić information content (AvgIpc) is 3.73. The first-order chi connectivity index (χ1) is 30.5. The van der Waals surface area contributed by atoms with Crippen molar-refractivity contribution in [1.82, 2.24) is 9.38 Å². The Morgan fingerprint density at radius 2 is 1.08 bits per heavy atom. The quantitative estimate of drug-likeness (QED) is 0.124. The minimum atomic E-state index is -2.96. The van der Waals surface area contributed by atoms with Crippen LogP contribution in [0.25, 0.3) is 93.3 Å². The Labute approximate surface area is 360 Å². The maximum Gasteiger partial charge on any atom is 0.150 e. The molecular weight excluding hydrogens is 772 g/mol. The molecule has 2 heterocycles. The standard InChI is InChI=1S/C58H41N2OP/c1-38-12-5-10-21-56(38)62(61,46-16-3-2-4-17-46)47-31-26-40(27-32-47)39-22-24-41(25-23-39)44-30-35-54-52(36-44)57-50-19-9-7-14-43(50)28-33-51(57)58-59-53-34-29-45(37-55(53)60(54)58)49-20-11-15-42-13-6-8-18-48(42)49/h2-38,56H,1H3. The molecule has 4 heteroatoms. The third kappa shape index (κ3) is 5.73. The van der Waals surface area contributed by atoms with Gasteiger partial charge in [0.25, 0.3) is 0 Å². The second-order valence-electron chi connectivity index (χ2n) is 16.7. The van der Waals surface area contributed by atoms with Gasteiger partial charge in [0.05, 0.1) is 16.6 Å². The largest absolute Gasteiger partial charge is 0.313 e. The molecule has 0 saturated carbocycles.